The van der Waals surface area contributed by atoms with E-state index in [0.717, 1.165) is 5.56 Å². The number of aliphatic hydroxyl groups excluding tert-OH is 1. The van der Waals surface area contributed by atoms with E-state index in [1.54, 1.807) is 4.90 Å². The lowest BCUT2D eigenvalue weighted by atomic mass is 9.88. The van der Waals surface area contributed by atoms with Crippen molar-refractivity contribution in [2.75, 3.05) is 13.1 Å². The summed E-state index contributed by atoms with van der Waals surface area (Å²) in [5, 5.41) is 10.2. The van der Waals surface area contributed by atoms with Crippen LogP contribution in [0.25, 0.3) is 0 Å². The molecule has 0 spiro atoms. The van der Waals surface area contributed by atoms with Crippen molar-refractivity contribution in [3.8, 4) is 0 Å². The van der Waals surface area contributed by atoms with E-state index in [0.29, 0.717) is 19.5 Å². The molecule has 1 saturated heterocycles. The highest BCUT2D eigenvalue weighted by atomic mass is 16.6. The van der Waals surface area contributed by atoms with Gasteiger partial charge in [0.05, 0.1) is 6.10 Å². The fraction of sp³-hybridized carbons (Fsp3) is 0.562. The first-order valence-corrected chi connectivity index (χ1v) is 7.08. The Morgan fingerprint density at radius 2 is 1.95 bits per heavy atom. The third-order valence-corrected chi connectivity index (χ3v) is 3.46. The SMILES string of the molecule is CC(C)(C)OC(=O)N1CC[C@H](O)[C@@H](c2ccccc2)C1. The minimum atomic E-state index is -0.491. The van der Waals surface area contributed by atoms with E-state index in [1.807, 2.05) is 51.1 Å². The van der Waals surface area contributed by atoms with Gasteiger partial charge in [-0.05, 0) is 32.8 Å². The number of hydrogen-bond acceptors (Lipinski definition) is 3. The second-order valence-corrected chi connectivity index (χ2v) is 6.30. The summed E-state index contributed by atoms with van der Waals surface area (Å²) in [7, 11) is 0. The van der Waals surface area contributed by atoms with Crippen molar-refractivity contribution in [3.63, 3.8) is 0 Å². The molecule has 1 aliphatic rings. The van der Waals surface area contributed by atoms with Crippen molar-refractivity contribution in [1.82, 2.24) is 4.90 Å². The molecule has 2 atom stereocenters. The summed E-state index contributed by atoms with van der Waals surface area (Å²) in [6.07, 6.45) is -0.125. The van der Waals surface area contributed by atoms with Crippen LogP contribution in [0.3, 0.4) is 0 Å². The van der Waals surface area contributed by atoms with Gasteiger partial charge >= 0.3 is 6.09 Å². The maximum absolute atomic E-state index is 12.1. The maximum Gasteiger partial charge on any atom is 0.410 e. The minimum absolute atomic E-state index is 0.0440. The maximum atomic E-state index is 12.1. The van der Waals surface area contributed by atoms with E-state index in [1.165, 1.54) is 0 Å². The van der Waals surface area contributed by atoms with Crippen LogP contribution in [-0.4, -0.2) is 40.9 Å². The summed E-state index contributed by atoms with van der Waals surface area (Å²) in [6, 6.07) is 9.84. The highest BCUT2D eigenvalue weighted by Gasteiger charge is 2.33. The smallest absolute Gasteiger partial charge is 0.410 e. The Labute approximate surface area is 120 Å². The molecule has 0 aromatic heterocycles. The molecule has 110 valence electrons. The van der Waals surface area contributed by atoms with Gasteiger partial charge < -0.3 is 14.7 Å². The molecule has 1 heterocycles. The van der Waals surface area contributed by atoms with Gasteiger partial charge in [-0.25, -0.2) is 4.79 Å². The average molecular weight is 277 g/mol. The zero-order chi connectivity index (χ0) is 14.8. The van der Waals surface area contributed by atoms with Crippen molar-refractivity contribution < 1.29 is 14.6 Å². The van der Waals surface area contributed by atoms with E-state index in [9.17, 15) is 9.90 Å². The number of likely N-dealkylation sites (tertiary alicyclic amines) is 1. The van der Waals surface area contributed by atoms with Gasteiger partial charge in [-0.2, -0.15) is 0 Å². The number of rotatable bonds is 1. The molecule has 1 aromatic carbocycles. The summed E-state index contributed by atoms with van der Waals surface area (Å²) in [4.78, 5) is 13.8. The van der Waals surface area contributed by atoms with Crippen molar-refractivity contribution in [2.45, 2.75) is 44.8 Å². The third-order valence-electron chi connectivity index (χ3n) is 3.46. The van der Waals surface area contributed by atoms with Crippen molar-refractivity contribution in [3.05, 3.63) is 35.9 Å². The van der Waals surface area contributed by atoms with Crippen LogP contribution in [0.2, 0.25) is 0 Å². The number of nitrogens with zero attached hydrogens (tertiary/aromatic N) is 1. The van der Waals surface area contributed by atoms with Crippen LogP contribution >= 0.6 is 0 Å². The topological polar surface area (TPSA) is 49.8 Å². The second-order valence-electron chi connectivity index (χ2n) is 6.30. The fourth-order valence-corrected chi connectivity index (χ4v) is 2.46. The van der Waals surface area contributed by atoms with Gasteiger partial charge in [-0.1, -0.05) is 30.3 Å². The van der Waals surface area contributed by atoms with Gasteiger partial charge in [0.2, 0.25) is 0 Å². The molecule has 2 rings (SSSR count). The number of carbonyl (C=O) groups is 1. The first kappa shape index (κ1) is 14.9. The minimum Gasteiger partial charge on any atom is -0.444 e. The molecule has 0 saturated carbocycles. The van der Waals surface area contributed by atoms with Crippen LogP contribution in [0.5, 0.6) is 0 Å². The van der Waals surface area contributed by atoms with Gasteiger partial charge in [-0.3, -0.25) is 0 Å². The van der Waals surface area contributed by atoms with Gasteiger partial charge in [0, 0.05) is 19.0 Å². The summed E-state index contributed by atoms with van der Waals surface area (Å²) in [5.41, 5.74) is 0.573. The molecule has 0 radical (unpaired) electrons. The Morgan fingerprint density at radius 3 is 2.55 bits per heavy atom. The number of carbonyl (C=O) groups excluding carboxylic acids is 1. The normalized spacial score (nSPS) is 23.5. The molecule has 0 aliphatic carbocycles. The van der Waals surface area contributed by atoms with E-state index >= 15 is 0 Å². The number of benzene rings is 1. The van der Waals surface area contributed by atoms with E-state index in [4.69, 9.17) is 4.74 Å². The van der Waals surface area contributed by atoms with Crippen molar-refractivity contribution in [1.29, 1.82) is 0 Å². The summed E-state index contributed by atoms with van der Waals surface area (Å²) < 4.78 is 5.40. The molecule has 1 aliphatic heterocycles. The van der Waals surface area contributed by atoms with E-state index in [2.05, 4.69) is 0 Å². The number of aliphatic hydroxyl groups is 1. The number of ether oxygens (including phenoxy) is 1. The van der Waals surface area contributed by atoms with Crippen LogP contribution < -0.4 is 0 Å². The lowest BCUT2D eigenvalue weighted by molar-refractivity contribution is 0.00407. The summed E-state index contributed by atoms with van der Waals surface area (Å²) in [6.45, 7) is 6.62. The molecule has 1 fully saturated rings. The predicted molar refractivity (Wildman–Crippen MR) is 77.6 cm³/mol. The third kappa shape index (κ3) is 3.73. The summed E-state index contributed by atoms with van der Waals surface area (Å²) >= 11 is 0. The van der Waals surface area contributed by atoms with E-state index in [-0.39, 0.29) is 12.0 Å². The Kier molecular flexibility index (Phi) is 4.33. The van der Waals surface area contributed by atoms with Gasteiger partial charge in [0.25, 0.3) is 0 Å². The van der Waals surface area contributed by atoms with Crippen LogP contribution in [0.4, 0.5) is 4.79 Å². The van der Waals surface area contributed by atoms with Crippen molar-refractivity contribution in [2.24, 2.45) is 0 Å². The molecule has 4 nitrogen and oxygen atoms in total. The molecular weight excluding hydrogens is 254 g/mol. The number of hydrogen-bond donors (Lipinski definition) is 1. The second kappa shape index (κ2) is 5.83. The highest BCUT2D eigenvalue weighted by molar-refractivity contribution is 5.68. The zero-order valence-electron chi connectivity index (χ0n) is 12.4. The Balaban J connectivity index is 2.07. The lowest BCUT2D eigenvalue weighted by Crippen LogP contribution is -2.46. The average Bonchev–Trinajstić information content (AvgIpc) is 2.38. The number of piperidine rings is 1. The fourth-order valence-electron chi connectivity index (χ4n) is 2.46. The molecule has 0 unspecified atom stereocenters. The molecule has 20 heavy (non-hydrogen) atoms. The first-order chi connectivity index (χ1) is 9.37. The van der Waals surface area contributed by atoms with Crippen LogP contribution in [0.1, 0.15) is 38.7 Å². The standard InChI is InChI=1S/C16H23NO3/c1-16(2,3)20-15(19)17-10-9-14(18)13(11-17)12-7-5-4-6-8-12/h4-8,13-14,18H,9-11H2,1-3H3/t13-,14+/m1/s1. The predicted octanol–water partition coefficient (Wildman–Crippen LogP) is 2.77. The molecule has 1 amide bonds. The molecule has 0 bridgehead atoms. The van der Waals surface area contributed by atoms with Gasteiger partial charge in [0.15, 0.2) is 0 Å². The summed E-state index contributed by atoms with van der Waals surface area (Å²) in [5.74, 6) is -0.0440. The molecule has 1 N–H and O–H groups in total. The molecule has 1 aromatic rings. The largest absolute Gasteiger partial charge is 0.444 e. The van der Waals surface area contributed by atoms with Crippen LogP contribution in [-0.2, 0) is 4.74 Å². The Morgan fingerprint density at radius 1 is 1.30 bits per heavy atom. The molecule has 4 heteroatoms. The van der Waals surface area contributed by atoms with E-state index < -0.39 is 11.7 Å². The zero-order valence-corrected chi connectivity index (χ0v) is 12.4. The van der Waals surface area contributed by atoms with Crippen molar-refractivity contribution >= 4 is 6.09 Å². The Hall–Kier alpha value is -1.55. The van der Waals surface area contributed by atoms with Crippen LogP contribution in [0.15, 0.2) is 30.3 Å². The van der Waals surface area contributed by atoms with Crippen LogP contribution in [0, 0.1) is 0 Å². The molecular formula is C16H23NO3. The first-order valence-electron chi connectivity index (χ1n) is 7.08. The monoisotopic (exact) mass is 277 g/mol. The van der Waals surface area contributed by atoms with Gasteiger partial charge in [0.1, 0.15) is 5.60 Å². The lowest BCUT2D eigenvalue weighted by Gasteiger charge is -2.37. The Bertz CT molecular complexity index is 453. The highest BCUT2D eigenvalue weighted by Crippen LogP contribution is 2.28. The quantitative estimate of drug-likeness (QED) is 0.858. The number of amides is 1. The van der Waals surface area contributed by atoms with Gasteiger partial charge in [-0.15, -0.1) is 0 Å².